The lowest BCUT2D eigenvalue weighted by molar-refractivity contribution is 0.0983. The van der Waals surface area contributed by atoms with Crippen molar-refractivity contribution in [2.24, 2.45) is 5.84 Å². The van der Waals surface area contributed by atoms with Gasteiger partial charge in [-0.15, -0.1) is 0 Å². The number of nitrogens with one attached hydrogen (secondary N) is 3. The van der Waals surface area contributed by atoms with Crippen LogP contribution in [0, 0.1) is 0 Å². The van der Waals surface area contributed by atoms with Crippen molar-refractivity contribution < 1.29 is 19.2 Å². The Kier molecular flexibility index (Phi) is 8.65. The van der Waals surface area contributed by atoms with Gasteiger partial charge in [0, 0.05) is 39.3 Å². The van der Waals surface area contributed by atoms with Gasteiger partial charge in [-0.05, 0) is 97.1 Å². The van der Waals surface area contributed by atoms with E-state index in [9.17, 15) is 19.2 Å². The van der Waals surface area contributed by atoms with E-state index in [1.807, 2.05) is 12.1 Å². The molecule has 0 aliphatic carbocycles. The second-order valence-electron chi connectivity index (χ2n) is 9.47. The van der Waals surface area contributed by atoms with Crippen LogP contribution in [-0.2, 0) is 0 Å². The highest BCUT2D eigenvalue weighted by Gasteiger charge is 2.15. The Morgan fingerprint density at radius 3 is 1.14 bits per heavy atom. The van der Waals surface area contributed by atoms with E-state index in [-0.39, 0.29) is 23.6 Å². The zero-order valence-corrected chi connectivity index (χ0v) is 22.9. The molecule has 0 heterocycles. The fourth-order valence-electron chi connectivity index (χ4n) is 4.15. The SMILES string of the molecule is NN(C(=O)c1ccccc1)c1ccc(NC(=O)c2ccc(C(=O)Nc3ccc(NC(=O)c4ccccc4)cc3)cc2)cc1. The summed E-state index contributed by atoms with van der Waals surface area (Å²) in [6, 6.07) is 37.1. The summed E-state index contributed by atoms with van der Waals surface area (Å²) >= 11 is 0. The number of hydrogen-bond donors (Lipinski definition) is 4. The Morgan fingerprint density at radius 1 is 0.419 bits per heavy atom. The van der Waals surface area contributed by atoms with Gasteiger partial charge in [0.15, 0.2) is 0 Å². The van der Waals surface area contributed by atoms with Crippen LogP contribution in [0.1, 0.15) is 41.4 Å². The summed E-state index contributed by atoms with van der Waals surface area (Å²) < 4.78 is 0. The Bertz CT molecular complexity index is 1740. The Morgan fingerprint density at radius 2 is 0.744 bits per heavy atom. The molecule has 9 nitrogen and oxygen atoms in total. The van der Waals surface area contributed by atoms with E-state index >= 15 is 0 Å². The van der Waals surface area contributed by atoms with Crippen LogP contribution >= 0.6 is 0 Å². The number of anilines is 4. The molecule has 0 aromatic heterocycles. The van der Waals surface area contributed by atoms with Gasteiger partial charge in [0.25, 0.3) is 23.6 Å². The highest BCUT2D eigenvalue weighted by atomic mass is 16.2. The maximum absolute atomic E-state index is 12.8. The molecule has 9 heteroatoms. The van der Waals surface area contributed by atoms with E-state index in [2.05, 4.69) is 16.0 Å². The van der Waals surface area contributed by atoms with Crippen molar-refractivity contribution >= 4 is 46.4 Å². The predicted molar refractivity (Wildman–Crippen MR) is 167 cm³/mol. The monoisotopic (exact) mass is 569 g/mol. The first-order chi connectivity index (χ1) is 20.9. The van der Waals surface area contributed by atoms with Crippen molar-refractivity contribution in [1.29, 1.82) is 0 Å². The molecule has 0 radical (unpaired) electrons. The molecule has 0 aliphatic rings. The molecule has 212 valence electrons. The first-order valence-corrected chi connectivity index (χ1v) is 13.3. The lowest BCUT2D eigenvalue weighted by atomic mass is 10.1. The molecule has 0 fully saturated rings. The normalized spacial score (nSPS) is 10.3. The third-order valence-corrected chi connectivity index (χ3v) is 6.49. The summed E-state index contributed by atoms with van der Waals surface area (Å²) in [7, 11) is 0. The third kappa shape index (κ3) is 7.18. The molecule has 43 heavy (non-hydrogen) atoms. The first kappa shape index (κ1) is 28.5. The number of carbonyl (C=O) groups excluding carboxylic acids is 4. The molecular formula is C34H27N5O4. The second kappa shape index (κ2) is 13.1. The summed E-state index contributed by atoms with van der Waals surface area (Å²) in [6.07, 6.45) is 0. The fourth-order valence-corrected chi connectivity index (χ4v) is 4.15. The molecule has 5 rings (SSSR count). The van der Waals surface area contributed by atoms with E-state index in [1.54, 1.807) is 121 Å². The van der Waals surface area contributed by atoms with Gasteiger partial charge < -0.3 is 16.0 Å². The number of hydrogen-bond acceptors (Lipinski definition) is 5. The van der Waals surface area contributed by atoms with Crippen LogP contribution in [-0.4, -0.2) is 23.6 Å². The Balaban J connectivity index is 1.14. The predicted octanol–water partition coefficient (Wildman–Crippen LogP) is 5.96. The molecule has 4 amide bonds. The van der Waals surface area contributed by atoms with Crippen LogP contribution < -0.4 is 26.8 Å². The van der Waals surface area contributed by atoms with E-state index in [1.165, 1.54) is 0 Å². The first-order valence-electron chi connectivity index (χ1n) is 13.3. The van der Waals surface area contributed by atoms with E-state index in [0.717, 1.165) is 5.01 Å². The topological polar surface area (TPSA) is 134 Å². The van der Waals surface area contributed by atoms with Crippen molar-refractivity contribution in [3.05, 3.63) is 156 Å². The van der Waals surface area contributed by atoms with E-state index in [0.29, 0.717) is 45.0 Å². The maximum Gasteiger partial charge on any atom is 0.272 e. The molecule has 5 aromatic carbocycles. The molecule has 0 spiro atoms. The molecule has 0 atom stereocenters. The third-order valence-electron chi connectivity index (χ3n) is 6.49. The number of carbonyl (C=O) groups is 4. The maximum atomic E-state index is 12.8. The minimum absolute atomic E-state index is 0.226. The number of hydrazine groups is 1. The van der Waals surface area contributed by atoms with Crippen LogP contribution in [0.4, 0.5) is 22.7 Å². The molecule has 5 aromatic rings. The fraction of sp³-hybridized carbons (Fsp3) is 0. The molecular weight excluding hydrogens is 542 g/mol. The Hall–Kier alpha value is -6.06. The number of nitrogens with zero attached hydrogens (tertiary/aromatic N) is 1. The standard InChI is InChI=1S/C34H27N5O4/c35-39(34(43)26-9-5-2-6-10-26)30-21-19-29(20-22-30)38-33(42)25-13-11-24(12-14-25)32(41)37-28-17-15-27(16-18-28)36-31(40)23-7-3-1-4-8-23/h1-22H,35H2,(H,36,40)(H,37,41)(H,38,42). The van der Waals surface area contributed by atoms with Gasteiger partial charge in [0.1, 0.15) is 0 Å². The van der Waals surface area contributed by atoms with Crippen molar-refractivity contribution in [3.63, 3.8) is 0 Å². The van der Waals surface area contributed by atoms with Gasteiger partial charge in [0.05, 0.1) is 5.69 Å². The second-order valence-corrected chi connectivity index (χ2v) is 9.47. The molecule has 5 N–H and O–H groups in total. The van der Waals surface area contributed by atoms with Crippen molar-refractivity contribution in [3.8, 4) is 0 Å². The van der Waals surface area contributed by atoms with Gasteiger partial charge in [-0.2, -0.15) is 0 Å². The average Bonchev–Trinajstić information content (AvgIpc) is 3.06. The van der Waals surface area contributed by atoms with Gasteiger partial charge >= 0.3 is 0 Å². The van der Waals surface area contributed by atoms with Crippen LogP contribution in [0.25, 0.3) is 0 Å². The number of amides is 4. The summed E-state index contributed by atoms with van der Waals surface area (Å²) in [5.74, 6) is 4.70. The van der Waals surface area contributed by atoms with Crippen LogP contribution in [0.15, 0.2) is 133 Å². The lowest BCUT2D eigenvalue weighted by Gasteiger charge is -2.17. The highest BCUT2D eigenvalue weighted by molar-refractivity contribution is 6.08. The van der Waals surface area contributed by atoms with E-state index < -0.39 is 0 Å². The van der Waals surface area contributed by atoms with Crippen molar-refractivity contribution in [1.82, 2.24) is 0 Å². The molecule has 0 aliphatic heterocycles. The van der Waals surface area contributed by atoms with Crippen LogP contribution in [0.2, 0.25) is 0 Å². The Labute approximate surface area is 247 Å². The summed E-state index contributed by atoms with van der Waals surface area (Å²) in [5.41, 5.74) is 3.86. The van der Waals surface area contributed by atoms with Crippen molar-refractivity contribution in [2.75, 3.05) is 21.0 Å². The molecule has 0 saturated heterocycles. The number of rotatable bonds is 8. The quantitative estimate of drug-likeness (QED) is 0.104. The summed E-state index contributed by atoms with van der Waals surface area (Å²) in [4.78, 5) is 50.4. The highest BCUT2D eigenvalue weighted by Crippen LogP contribution is 2.20. The zero-order valence-electron chi connectivity index (χ0n) is 22.9. The molecule has 0 bridgehead atoms. The van der Waals surface area contributed by atoms with Crippen LogP contribution in [0.3, 0.4) is 0 Å². The zero-order chi connectivity index (χ0) is 30.2. The van der Waals surface area contributed by atoms with E-state index in [4.69, 9.17) is 5.84 Å². The smallest absolute Gasteiger partial charge is 0.272 e. The van der Waals surface area contributed by atoms with Gasteiger partial charge in [-0.3, -0.25) is 19.2 Å². The minimum Gasteiger partial charge on any atom is -0.322 e. The molecule has 0 unspecified atom stereocenters. The average molecular weight is 570 g/mol. The van der Waals surface area contributed by atoms with Crippen molar-refractivity contribution in [2.45, 2.75) is 0 Å². The minimum atomic E-state index is -0.363. The van der Waals surface area contributed by atoms with Crippen LogP contribution in [0.5, 0.6) is 0 Å². The molecule has 0 saturated carbocycles. The largest absolute Gasteiger partial charge is 0.322 e. The van der Waals surface area contributed by atoms with Gasteiger partial charge in [-0.1, -0.05) is 36.4 Å². The van der Waals surface area contributed by atoms with Gasteiger partial charge in [-0.25, -0.2) is 10.9 Å². The number of benzene rings is 5. The number of nitrogens with two attached hydrogens (primary N) is 1. The lowest BCUT2D eigenvalue weighted by Crippen LogP contribution is -2.37. The summed E-state index contributed by atoms with van der Waals surface area (Å²) in [6.45, 7) is 0. The van der Waals surface area contributed by atoms with Gasteiger partial charge in [0.2, 0.25) is 0 Å². The summed E-state index contributed by atoms with van der Waals surface area (Å²) in [5, 5.41) is 9.45.